The van der Waals surface area contributed by atoms with Crippen molar-refractivity contribution in [2.75, 3.05) is 12.3 Å². The minimum Gasteiger partial charge on any atom is -0.396 e. The Hall–Kier alpha value is -1.73. The lowest BCUT2D eigenvalue weighted by atomic mass is 10.3. The molecule has 0 saturated heterocycles. The fourth-order valence-electron chi connectivity index (χ4n) is 1.31. The van der Waals surface area contributed by atoms with Crippen LogP contribution < -0.4 is 11.1 Å². The molecular formula is C9H13F3N4O. The molecule has 1 heterocycles. The van der Waals surface area contributed by atoms with Gasteiger partial charge in [0.05, 0.1) is 11.9 Å². The first-order chi connectivity index (χ1) is 7.81. The topological polar surface area (TPSA) is 72.9 Å². The Labute approximate surface area is 95.8 Å². The number of hydrogen-bond donors (Lipinski definition) is 2. The van der Waals surface area contributed by atoms with Gasteiger partial charge in [0.25, 0.3) is 5.91 Å². The van der Waals surface area contributed by atoms with Gasteiger partial charge in [0.2, 0.25) is 0 Å². The Balaban J connectivity index is 2.41. The Morgan fingerprint density at radius 1 is 1.59 bits per heavy atom. The summed E-state index contributed by atoms with van der Waals surface area (Å²) in [7, 11) is 1.53. The number of rotatable bonds is 4. The van der Waals surface area contributed by atoms with Crippen LogP contribution in [0.25, 0.3) is 0 Å². The van der Waals surface area contributed by atoms with Crippen molar-refractivity contribution >= 4 is 11.6 Å². The summed E-state index contributed by atoms with van der Waals surface area (Å²) in [6, 6.07) is 0. The molecule has 0 aliphatic rings. The first-order valence-electron chi connectivity index (χ1n) is 4.93. The lowest BCUT2D eigenvalue weighted by Gasteiger charge is -2.08. The lowest BCUT2D eigenvalue weighted by Crippen LogP contribution is -2.28. The molecule has 0 saturated carbocycles. The molecule has 0 bridgehead atoms. The van der Waals surface area contributed by atoms with Crippen molar-refractivity contribution in [1.82, 2.24) is 15.1 Å². The second kappa shape index (κ2) is 5.07. The minimum absolute atomic E-state index is 0.0526. The first-order valence-corrected chi connectivity index (χ1v) is 4.93. The first kappa shape index (κ1) is 13.3. The molecule has 0 aromatic carbocycles. The predicted octanol–water partition coefficient (Wildman–Crippen LogP) is 1.07. The van der Waals surface area contributed by atoms with Gasteiger partial charge in [-0.15, -0.1) is 0 Å². The number of halogens is 3. The van der Waals surface area contributed by atoms with Crippen molar-refractivity contribution in [3.8, 4) is 0 Å². The quantitative estimate of drug-likeness (QED) is 0.785. The Bertz CT molecular complexity index is 380. The standard InChI is InChI=1S/C9H13F3N4O/c1-16-7(6(13)5-15-16)8(17)14-4-2-3-9(10,11)12/h5H,2-4,13H2,1H3,(H,14,17). The fraction of sp³-hybridized carbons (Fsp3) is 0.556. The lowest BCUT2D eigenvalue weighted by molar-refractivity contribution is -0.135. The summed E-state index contributed by atoms with van der Waals surface area (Å²) >= 11 is 0. The summed E-state index contributed by atoms with van der Waals surface area (Å²) in [6.45, 7) is -0.0526. The maximum absolute atomic E-state index is 11.8. The van der Waals surface area contributed by atoms with Crippen molar-refractivity contribution in [2.24, 2.45) is 7.05 Å². The Kier molecular flexibility index (Phi) is 3.97. The van der Waals surface area contributed by atoms with E-state index in [0.29, 0.717) is 0 Å². The number of anilines is 1. The Morgan fingerprint density at radius 2 is 2.24 bits per heavy atom. The van der Waals surface area contributed by atoms with Gasteiger partial charge in [-0.3, -0.25) is 9.48 Å². The van der Waals surface area contributed by atoms with Crippen molar-refractivity contribution in [3.05, 3.63) is 11.9 Å². The third-order valence-electron chi connectivity index (χ3n) is 2.10. The van der Waals surface area contributed by atoms with Crippen LogP contribution in [-0.2, 0) is 7.05 Å². The summed E-state index contributed by atoms with van der Waals surface area (Å²) in [5.74, 6) is -0.523. The Morgan fingerprint density at radius 3 is 2.71 bits per heavy atom. The number of nitrogens with zero attached hydrogens (tertiary/aromatic N) is 2. The molecule has 5 nitrogen and oxygen atoms in total. The van der Waals surface area contributed by atoms with E-state index in [1.807, 2.05) is 0 Å². The summed E-state index contributed by atoms with van der Waals surface area (Å²) in [4.78, 5) is 11.5. The highest BCUT2D eigenvalue weighted by Crippen LogP contribution is 2.20. The zero-order chi connectivity index (χ0) is 13.1. The van der Waals surface area contributed by atoms with E-state index >= 15 is 0 Å². The van der Waals surface area contributed by atoms with Gasteiger partial charge in [-0.05, 0) is 6.42 Å². The monoisotopic (exact) mass is 250 g/mol. The van der Waals surface area contributed by atoms with Gasteiger partial charge >= 0.3 is 6.18 Å². The smallest absolute Gasteiger partial charge is 0.389 e. The number of aromatic nitrogens is 2. The van der Waals surface area contributed by atoms with E-state index in [1.54, 1.807) is 0 Å². The van der Waals surface area contributed by atoms with Crippen LogP contribution >= 0.6 is 0 Å². The SMILES string of the molecule is Cn1ncc(N)c1C(=O)NCCCC(F)(F)F. The molecule has 0 fully saturated rings. The zero-order valence-electron chi connectivity index (χ0n) is 9.21. The highest BCUT2D eigenvalue weighted by atomic mass is 19.4. The molecule has 0 radical (unpaired) electrons. The summed E-state index contributed by atoms with van der Waals surface area (Å²) in [5.41, 5.74) is 5.84. The molecule has 8 heteroatoms. The third kappa shape index (κ3) is 3.97. The van der Waals surface area contributed by atoms with E-state index < -0.39 is 18.5 Å². The van der Waals surface area contributed by atoms with Crippen LogP contribution in [0.4, 0.5) is 18.9 Å². The average Bonchev–Trinajstić information content (AvgIpc) is 2.52. The van der Waals surface area contributed by atoms with Gasteiger partial charge < -0.3 is 11.1 Å². The number of nitrogens with two attached hydrogens (primary N) is 1. The zero-order valence-corrected chi connectivity index (χ0v) is 9.21. The van der Waals surface area contributed by atoms with Gasteiger partial charge in [0.1, 0.15) is 5.69 Å². The van der Waals surface area contributed by atoms with Crippen molar-refractivity contribution in [2.45, 2.75) is 19.0 Å². The van der Waals surface area contributed by atoms with Gasteiger partial charge in [-0.1, -0.05) is 0 Å². The molecule has 96 valence electrons. The molecule has 17 heavy (non-hydrogen) atoms. The predicted molar refractivity (Wildman–Crippen MR) is 55.2 cm³/mol. The van der Waals surface area contributed by atoms with Crippen LogP contribution in [0.2, 0.25) is 0 Å². The largest absolute Gasteiger partial charge is 0.396 e. The number of hydrogen-bond acceptors (Lipinski definition) is 3. The number of amides is 1. The summed E-state index contributed by atoms with van der Waals surface area (Å²) in [5, 5.41) is 6.12. The maximum Gasteiger partial charge on any atom is 0.389 e. The number of nitrogen functional groups attached to an aromatic ring is 1. The van der Waals surface area contributed by atoms with E-state index in [9.17, 15) is 18.0 Å². The van der Waals surface area contributed by atoms with Crippen LogP contribution in [0.15, 0.2) is 6.20 Å². The third-order valence-corrected chi connectivity index (χ3v) is 2.10. The molecule has 0 atom stereocenters. The molecule has 3 N–H and O–H groups in total. The minimum atomic E-state index is -4.20. The number of aryl methyl sites for hydroxylation is 1. The molecule has 1 aromatic heterocycles. The van der Waals surface area contributed by atoms with Crippen molar-refractivity contribution in [3.63, 3.8) is 0 Å². The molecule has 0 aliphatic carbocycles. The van der Waals surface area contributed by atoms with E-state index in [1.165, 1.54) is 17.9 Å². The van der Waals surface area contributed by atoms with Crippen LogP contribution in [-0.4, -0.2) is 28.4 Å². The number of nitrogens with one attached hydrogen (secondary N) is 1. The van der Waals surface area contributed by atoms with Crippen molar-refractivity contribution in [1.29, 1.82) is 0 Å². The fourth-order valence-corrected chi connectivity index (χ4v) is 1.31. The molecule has 1 rings (SSSR count). The molecule has 1 amide bonds. The maximum atomic E-state index is 11.8. The number of carbonyl (C=O) groups is 1. The molecule has 1 aromatic rings. The van der Waals surface area contributed by atoms with Crippen LogP contribution in [0, 0.1) is 0 Å². The van der Waals surface area contributed by atoms with Gasteiger partial charge in [0, 0.05) is 20.0 Å². The van der Waals surface area contributed by atoms with Crippen LogP contribution in [0.3, 0.4) is 0 Å². The molecule has 0 spiro atoms. The van der Waals surface area contributed by atoms with Crippen molar-refractivity contribution < 1.29 is 18.0 Å². The number of alkyl halides is 3. The van der Waals surface area contributed by atoms with E-state index in [2.05, 4.69) is 10.4 Å². The number of carbonyl (C=O) groups excluding carboxylic acids is 1. The van der Waals surface area contributed by atoms with Gasteiger partial charge in [0.15, 0.2) is 0 Å². The normalized spacial score (nSPS) is 11.5. The average molecular weight is 250 g/mol. The second-order valence-corrected chi connectivity index (χ2v) is 3.55. The highest BCUT2D eigenvalue weighted by molar-refractivity contribution is 5.97. The molecular weight excluding hydrogens is 237 g/mol. The van der Waals surface area contributed by atoms with Gasteiger partial charge in [-0.2, -0.15) is 18.3 Å². The highest BCUT2D eigenvalue weighted by Gasteiger charge is 2.26. The molecule has 0 aliphatic heterocycles. The van der Waals surface area contributed by atoms with E-state index in [0.717, 1.165) is 0 Å². The van der Waals surface area contributed by atoms with Crippen LogP contribution in [0.1, 0.15) is 23.3 Å². The van der Waals surface area contributed by atoms with Crippen LogP contribution in [0.5, 0.6) is 0 Å². The molecule has 0 unspecified atom stereocenters. The van der Waals surface area contributed by atoms with Gasteiger partial charge in [-0.25, -0.2) is 0 Å². The van der Waals surface area contributed by atoms with E-state index in [-0.39, 0.29) is 24.3 Å². The second-order valence-electron chi connectivity index (χ2n) is 3.55. The van der Waals surface area contributed by atoms with E-state index in [4.69, 9.17) is 5.73 Å². The summed E-state index contributed by atoms with van der Waals surface area (Å²) < 4.78 is 36.8. The summed E-state index contributed by atoms with van der Waals surface area (Å²) in [6.07, 6.45) is -3.97.